The maximum absolute atomic E-state index is 13.4. The normalized spacial score (nSPS) is 20.3. The molecule has 1 heterocycles. The van der Waals surface area contributed by atoms with Gasteiger partial charge in [0.05, 0.1) is 4.90 Å². The van der Waals surface area contributed by atoms with E-state index < -0.39 is 10.0 Å². The number of rotatable bonds is 8. The Kier molecular flexibility index (Phi) is 8.10. The molecule has 194 valence electrons. The molecule has 37 heavy (non-hydrogen) atoms. The molecule has 4 rings (SSSR count). The lowest BCUT2D eigenvalue weighted by Gasteiger charge is -2.41. The fourth-order valence-corrected chi connectivity index (χ4v) is 6.97. The second-order valence-electron chi connectivity index (χ2n) is 9.63. The van der Waals surface area contributed by atoms with Crippen molar-refractivity contribution in [2.75, 3.05) is 6.54 Å². The van der Waals surface area contributed by atoms with Crippen LogP contribution >= 0.6 is 0 Å². The van der Waals surface area contributed by atoms with E-state index in [0.717, 1.165) is 10.9 Å². The zero-order valence-corrected chi connectivity index (χ0v) is 22.0. The standard InChI is InChI=1S/C29H33N3O4S/c1-4-28(33)31-26-17-20(2)32(21(3)18-26)37(35,36)27-13-11-24(12-14-27)29(34)30-16-15-22-9-10-23-7-5-6-8-25(23)19-22/h4-14,19-21,26H,1,15-18H2,2-3H3,(H,30,34)(H,31,33). The molecule has 1 aliphatic rings. The highest BCUT2D eigenvalue weighted by molar-refractivity contribution is 7.89. The lowest BCUT2D eigenvalue weighted by atomic mass is 9.95. The van der Waals surface area contributed by atoms with Crippen LogP contribution in [0, 0.1) is 0 Å². The van der Waals surface area contributed by atoms with Crippen molar-refractivity contribution in [3.63, 3.8) is 0 Å². The van der Waals surface area contributed by atoms with Crippen molar-refractivity contribution in [2.24, 2.45) is 0 Å². The van der Waals surface area contributed by atoms with E-state index in [4.69, 9.17) is 0 Å². The van der Waals surface area contributed by atoms with Crippen LogP contribution in [0.25, 0.3) is 10.8 Å². The summed E-state index contributed by atoms with van der Waals surface area (Å²) in [6.45, 7) is 7.64. The van der Waals surface area contributed by atoms with Crippen LogP contribution in [0.4, 0.5) is 0 Å². The first kappa shape index (κ1) is 26.6. The van der Waals surface area contributed by atoms with E-state index in [-0.39, 0.29) is 34.8 Å². The molecule has 1 saturated heterocycles. The van der Waals surface area contributed by atoms with E-state index in [1.165, 1.54) is 27.9 Å². The van der Waals surface area contributed by atoms with Gasteiger partial charge in [0.2, 0.25) is 15.9 Å². The fourth-order valence-electron chi connectivity index (χ4n) is 5.13. The summed E-state index contributed by atoms with van der Waals surface area (Å²) in [6.07, 6.45) is 2.95. The van der Waals surface area contributed by atoms with Crippen LogP contribution in [0.2, 0.25) is 0 Å². The quantitative estimate of drug-likeness (QED) is 0.439. The van der Waals surface area contributed by atoms with Crippen molar-refractivity contribution in [3.8, 4) is 0 Å². The topological polar surface area (TPSA) is 95.6 Å². The van der Waals surface area contributed by atoms with Gasteiger partial charge in [-0.25, -0.2) is 8.42 Å². The van der Waals surface area contributed by atoms with Crippen LogP contribution in [0.1, 0.15) is 42.6 Å². The Morgan fingerprint density at radius 3 is 2.27 bits per heavy atom. The minimum absolute atomic E-state index is 0.109. The number of amides is 2. The van der Waals surface area contributed by atoms with Gasteiger partial charge in [-0.3, -0.25) is 9.59 Å². The Morgan fingerprint density at radius 1 is 0.973 bits per heavy atom. The van der Waals surface area contributed by atoms with Crippen molar-refractivity contribution in [1.29, 1.82) is 0 Å². The SMILES string of the molecule is C=CC(=O)NC1CC(C)N(S(=O)(=O)c2ccc(C(=O)NCCc3ccc4ccccc4c3)cc2)C(C)C1. The van der Waals surface area contributed by atoms with E-state index in [2.05, 4.69) is 47.5 Å². The first-order valence-electron chi connectivity index (χ1n) is 12.5. The molecule has 0 bridgehead atoms. The van der Waals surface area contributed by atoms with Crippen molar-refractivity contribution < 1.29 is 18.0 Å². The summed E-state index contributed by atoms with van der Waals surface area (Å²) < 4.78 is 28.3. The smallest absolute Gasteiger partial charge is 0.251 e. The van der Waals surface area contributed by atoms with Gasteiger partial charge in [0.1, 0.15) is 0 Å². The van der Waals surface area contributed by atoms with Gasteiger partial charge in [-0.1, -0.05) is 49.0 Å². The molecule has 2 amide bonds. The molecule has 2 unspecified atom stereocenters. The van der Waals surface area contributed by atoms with Crippen LogP contribution in [-0.4, -0.2) is 49.2 Å². The summed E-state index contributed by atoms with van der Waals surface area (Å²) in [5.41, 5.74) is 1.54. The maximum Gasteiger partial charge on any atom is 0.251 e. The van der Waals surface area contributed by atoms with Crippen LogP contribution in [0.3, 0.4) is 0 Å². The highest BCUT2D eigenvalue weighted by Gasteiger charge is 2.39. The van der Waals surface area contributed by atoms with Crippen molar-refractivity contribution in [3.05, 3.63) is 90.5 Å². The van der Waals surface area contributed by atoms with E-state index in [0.29, 0.717) is 31.4 Å². The molecule has 2 N–H and O–H groups in total. The zero-order valence-electron chi connectivity index (χ0n) is 21.2. The van der Waals surface area contributed by atoms with Crippen LogP contribution in [0.15, 0.2) is 84.3 Å². The molecular formula is C29H33N3O4S. The minimum Gasteiger partial charge on any atom is -0.352 e. The second kappa shape index (κ2) is 11.3. The average molecular weight is 520 g/mol. The number of carbonyl (C=O) groups is 2. The number of benzene rings is 3. The fraction of sp³-hybridized carbons (Fsp3) is 0.310. The number of nitrogens with zero attached hydrogens (tertiary/aromatic N) is 1. The molecule has 1 fully saturated rings. The summed E-state index contributed by atoms with van der Waals surface area (Å²) in [5.74, 6) is -0.503. The van der Waals surface area contributed by atoms with Crippen molar-refractivity contribution >= 4 is 32.6 Å². The van der Waals surface area contributed by atoms with Gasteiger partial charge in [-0.2, -0.15) is 4.31 Å². The summed E-state index contributed by atoms with van der Waals surface area (Å²) in [5, 5.41) is 8.13. The van der Waals surface area contributed by atoms with Gasteiger partial charge in [0.25, 0.3) is 5.91 Å². The van der Waals surface area contributed by atoms with Gasteiger partial charge in [-0.15, -0.1) is 0 Å². The number of hydrogen-bond donors (Lipinski definition) is 2. The molecule has 0 aromatic heterocycles. The second-order valence-corrected chi connectivity index (χ2v) is 11.5. The van der Waals surface area contributed by atoms with Gasteiger partial charge >= 0.3 is 0 Å². The summed E-state index contributed by atoms with van der Waals surface area (Å²) >= 11 is 0. The van der Waals surface area contributed by atoms with E-state index >= 15 is 0 Å². The molecule has 0 aliphatic carbocycles. The number of fused-ring (bicyclic) bond motifs is 1. The molecule has 7 nitrogen and oxygen atoms in total. The molecule has 0 saturated carbocycles. The largest absolute Gasteiger partial charge is 0.352 e. The van der Waals surface area contributed by atoms with E-state index in [1.807, 2.05) is 26.0 Å². The van der Waals surface area contributed by atoms with Gasteiger partial charge in [0.15, 0.2) is 0 Å². The molecule has 0 spiro atoms. The van der Waals surface area contributed by atoms with Crippen LogP contribution < -0.4 is 10.6 Å². The van der Waals surface area contributed by atoms with Gasteiger partial charge < -0.3 is 10.6 Å². The number of sulfonamides is 1. The lowest BCUT2D eigenvalue weighted by molar-refractivity contribution is -0.117. The third-order valence-electron chi connectivity index (χ3n) is 6.86. The molecule has 0 radical (unpaired) electrons. The van der Waals surface area contributed by atoms with Gasteiger partial charge in [-0.05, 0) is 79.8 Å². The summed E-state index contributed by atoms with van der Waals surface area (Å²) in [7, 11) is -3.76. The Labute approximate surface area is 218 Å². The maximum atomic E-state index is 13.4. The molecular weight excluding hydrogens is 486 g/mol. The number of hydrogen-bond acceptors (Lipinski definition) is 4. The van der Waals surface area contributed by atoms with E-state index in [1.54, 1.807) is 12.1 Å². The zero-order chi connectivity index (χ0) is 26.6. The Morgan fingerprint density at radius 2 is 1.62 bits per heavy atom. The highest BCUT2D eigenvalue weighted by Crippen LogP contribution is 2.30. The van der Waals surface area contributed by atoms with Crippen LogP contribution in [-0.2, 0) is 21.2 Å². The third-order valence-corrected chi connectivity index (χ3v) is 9.00. The monoisotopic (exact) mass is 519 g/mol. The first-order chi connectivity index (χ1) is 17.7. The van der Waals surface area contributed by atoms with Crippen LogP contribution in [0.5, 0.6) is 0 Å². The van der Waals surface area contributed by atoms with E-state index in [9.17, 15) is 18.0 Å². The van der Waals surface area contributed by atoms with Gasteiger partial charge in [0, 0.05) is 30.2 Å². The summed E-state index contributed by atoms with van der Waals surface area (Å²) in [4.78, 5) is 24.5. The number of nitrogens with one attached hydrogen (secondary N) is 2. The molecule has 1 aliphatic heterocycles. The molecule has 3 aromatic rings. The Balaban J connectivity index is 1.36. The summed E-state index contributed by atoms with van der Waals surface area (Å²) in [6, 6.07) is 19.8. The molecule has 2 atom stereocenters. The average Bonchev–Trinajstić information content (AvgIpc) is 2.88. The minimum atomic E-state index is -3.76. The predicted octanol–water partition coefficient (Wildman–Crippen LogP) is 4.04. The molecule has 8 heteroatoms. The highest BCUT2D eigenvalue weighted by atomic mass is 32.2. The third kappa shape index (κ3) is 6.09. The number of piperidine rings is 1. The first-order valence-corrected chi connectivity index (χ1v) is 14.0. The number of carbonyl (C=O) groups excluding carboxylic acids is 2. The Bertz CT molecular complexity index is 1390. The Hall–Kier alpha value is -3.49. The van der Waals surface area contributed by atoms with Crippen molar-refractivity contribution in [1.82, 2.24) is 14.9 Å². The lowest BCUT2D eigenvalue weighted by Crippen LogP contribution is -2.54. The van der Waals surface area contributed by atoms with Crippen molar-refractivity contribution in [2.45, 2.75) is 56.1 Å². The predicted molar refractivity (Wildman–Crippen MR) is 146 cm³/mol. The molecule has 3 aromatic carbocycles.